The first-order valence-electron chi connectivity index (χ1n) is 9.18. The molecule has 6 heteroatoms. The van der Waals surface area contributed by atoms with E-state index in [2.05, 4.69) is 10.3 Å². The summed E-state index contributed by atoms with van der Waals surface area (Å²) in [6.45, 7) is 2.33. The van der Waals surface area contributed by atoms with Gasteiger partial charge < -0.3 is 15.0 Å². The number of aromatic nitrogens is 1. The first-order chi connectivity index (χ1) is 13.5. The Kier molecular flexibility index (Phi) is 6.09. The van der Waals surface area contributed by atoms with Crippen molar-refractivity contribution < 1.29 is 13.9 Å². The van der Waals surface area contributed by atoms with Gasteiger partial charge in [0.15, 0.2) is 0 Å². The van der Waals surface area contributed by atoms with Crippen LogP contribution in [0, 0.1) is 12.7 Å². The predicted octanol–water partition coefficient (Wildman–Crippen LogP) is 3.28. The van der Waals surface area contributed by atoms with E-state index in [1.165, 1.54) is 12.1 Å². The summed E-state index contributed by atoms with van der Waals surface area (Å²) in [7, 11) is 1.57. The van der Waals surface area contributed by atoms with E-state index in [0.717, 1.165) is 16.5 Å². The highest BCUT2D eigenvalue weighted by Gasteiger charge is 2.10. The third-order valence-electron chi connectivity index (χ3n) is 4.74. The van der Waals surface area contributed by atoms with Crippen LogP contribution in [0.4, 0.5) is 4.39 Å². The van der Waals surface area contributed by atoms with Crippen LogP contribution in [0.15, 0.2) is 47.3 Å². The van der Waals surface area contributed by atoms with E-state index in [1.807, 2.05) is 25.1 Å². The van der Waals surface area contributed by atoms with E-state index >= 15 is 0 Å². The Bertz CT molecular complexity index is 1060. The van der Waals surface area contributed by atoms with Crippen molar-refractivity contribution in [3.63, 3.8) is 0 Å². The maximum Gasteiger partial charge on any atom is 0.251 e. The largest absolute Gasteiger partial charge is 0.495 e. The number of rotatable bonds is 7. The summed E-state index contributed by atoms with van der Waals surface area (Å²) in [6.07, 6.45) is 1.17. The summed E-state index contributed by atoms with van der Waals surface area (Å²) < 4.78 is 18.5. The third-order valence-corrected chi connectivity index (χ3v) is 4.74. The quantitative estimate of drug-likeness (QED) is 0.659. The number of methoxy groups -OCH3 is 1. The van der Waals surface area contributed by atoms with Gasteiger partial charge in [-0.3, -0.25) is 9.59 Å². The van der Waals surface area contributed by atoms with Gasteiger partial charge in [0, 0.05) is 23.9 Å². The molecule has 0 spiro atoms. The predicted molar refractivity (Wildman–Crippen MR) is 107 cm³/mol. The van der Waals surface area contributed by atoms with Crippen molar-refractivity contribution in [2.45, 2.75) is 26.2 Å². The minimum Gasteiger partial charge on any atom is -0.495 e. The molecular formula is C22H23FN2O3. The van der Waals surface area contributed by atoms with Gasteiger partial charge in [-0.15, -0.1) is 0 Å². The van der Waals surface area contributed by atoms with Crippen LogP contribution < -0.4 is 15.6 Å². The Labute approximate surface area is 162 Å². The van der Waals surface area contributed by atoms with Gasteiger partial charge in [-0.1, -0.05) is 18.2 Å². The second-order valence-electron chi connectivity index (χ2n) is 6.73. The zero-order chi connectivity index (χ0) is 20.1. The van der Waals surface area contributed by atoms with Gasteiger partial charge in [-0.2, -0.15) is 0 Å². The number of hydrogen-bond donors (Lipinski definition) is 2. The Morgan fingerprint density at radius 2 is 2.00 bits per heavy atom. The van der Waals surface area contributed by atoms with Gasteiger partial charge in [0.05, 0.1) is 12.6 Å². The van der Waals surface area contributed by atoms with Gasteiger partial charge in [0.25, 0.3) is 5.56 Å². The number of amides is 1. The normalized spacial score (nSPS) is 10.8. The van der Waals surface area contributed by atoms with Crippen LogP contribution >= 0.6 is 0 Å². The molecule has 28 heavy (non-hydrogen) atoms. The molecule has 0 aliphatic rings. The first kappa shape index (κ1) is 19.6. The second-order valence-corrected chi connectivity index (χ2v) is 6.73. The van der Waals surface area contributed by atoms with E-state index in [0.29, 0.717) is 36.2 Å². The van der Waals surface area contributed by atoms with Crippen LogP contribution in [0.5, 0.6) is 5.75 Å². The smallest absolute Gasteiger partial charge is 0.251 e. The van der Waals surface area contributed by atoms with Crippen LogP contribution in [0.2, 0.25) is 0 Å². The van der Waals surface area contributed by atoms with E-state index in [1.54, 1.807) is 19.2 Å². The highest BCUT2D eigenvalue weighted by atomic mass is 19.1. The minimum atomic E-state index is -0.305. The lowest BCUT2D eigenvalue weighted by Gasteiger charge is -2.10. The molecule has 1 amide bonds. The molecule has 1 heterocycles. The maximum atomic E-state index is 13.2. The summed E-state index contributed by atoms with van der Waals surface area (Å²) in [5, 5.41) is 3.74. The lowest BCUT2D eigenvalue weighted by atomic mass is 10.1. The number of nitrogens with one attached hydrogen (secondary N) is 2. The number of halogens is 1. The summed E-state index contributed by atoms with van der Waals surface area (Å²) in [4.78, 5) is 27.3. The van der Waals surface area contributed by atoms with Crippen LogP contribution in [-0.4, -0.2) is 24.5 Å². The van der Waals surface area contributed by atoms with Gasteiger partial charge in [0.2, 0.25) is 5.91 Å². The van der Waals surface area contributed by atoms with Crippen molar-refractivity contribution in [1.82, 2.24) is 10.3 Å². The van der Waals surface area contributed by atoms with Crippen LogP contribution in [-0.2, 0) is 17.6 Å². The minimum absolute atomic E-state index is 0.126. The molecule has 0 aliphatic heterocycles. The van der Waals surface area contributed by atoms with Gasteiger partial charge in [-0.25, -0.2) is 4.39 Å². The van der Waals surface area contributed by atoms with E-state index in [-0.39, 0.29) is 23.7 Å². The standard InChI is InChI=1S/C22H23FN2O3/c1-14-6-8-19(28-2)21-18(14)13-16(22(27)25-21)10-11-24-20(26)9-7-15-4-3-5-17(23)12-15/h3-6,8,12-13H,7,9-11H2,1-2H3,(H,24,26)(H,25,27). The Morgan fingerprint density at radius 3 is 2.75 bits per heavy atom. The molecule has 5 nitrogen and oxygen atoms in total. The van der Waals surface area contributed by atoms with Crippen molar-refractivity contribution in [3.8, 4) is 5.75 Å². The van der Waals surface area contributed by atoms with Gasteiger partial charge in [-0.05, 0) is 55.2 Å². The molecular weight excluding hydrogens is 359 g/mol. The van der Waals surface area contributed by atoms with Crippen LogP contribution in [0.1, 0.15) is 23.1 Å². The third kappa shape index (κ3) is 4.57. The molecule has 0 bridgehead atoms. The molecule has 0 saturated carbocycles. The molecule has 0 fully saturated rings. The monoisotopic (exact) mass is 382 g/mol. The van der Waals surface area contributed by atoms with Gasteiger partial charge >= 0.3 is 0 Å². The molecule has 0 saturated heterocycles. The van der Waals surface area contributed by atoms with Crippen LogP contribution in [0.3, 0.4) is 0 Å². The first-order valence-corrected chi connectivity index (χ1v) is 9.18. The second kappa shape index (κ2) is 8.69. The molecule has 0 radical (unpaired) electrons. The molecule has 2 N–H and O–H groups in total. The SMILES string of the molecule is COc1ccc(C)c2cc(CCNC(=O)CCc3cccc(F)c3)c(=O)[nH]c12. The molecule has 1 aromatic heterocycles. The number of hydrogen-bond acceptors (Lipinski definition) is 3. The summed E-state index contributed by atoms with van der Waals surface area (Å²) in [5.74, 6) is 0.189. The lowest BCUT2D eigenvalue weighted by Crippen LogP contribution is -2.27. The van der Waals surface area contributed by atoms with Crippen molar-refractivity contribution in [2.75, 3.05) is 13.7 Å². The number of carbonyl (C=O) groups is 1. The Morgan fingerprint density at radius 1 is 1.18 bits per heavy atom. The fourth-order valence-corrected chi connectivity index (χ4v) is 3.18. The molecule has 146 valence electrons. The average molecular weight is 382 g/mol. The van der Waals surface area contributed by atoms with E-state index < -0.39 is 0 Å². The number of ether oxygens (including phenoxy) is 1. The summed E-state index contributed by atoms with van der Waals surface area (Å²) in [6, 6.07) is 11.8. The summed E-state index contributed by atoms with van der Waals surface area (Å²) >= 11 is 0. The molecule has 3 rings (SSSR count). The molecule has 0 atom stereocenters. The zero-order valence-electron chi connectivity index (χ0n) is 16.0. The summed E-state index contributed by atoms with van der Waals surface area (Å²) in [5.41, 5.74) is 2.91. The Hall–Kier alpha value is -3.15. The number of aryl methyl sites for hydroxylation is 2. The van der Waals surface area contributed by atoms with E-state index in [9.17, 15) is 14.0 Å². The fourth-order valence-electron chi connectivity index (χ4n) is 3.18. The number of carbonyl (C=O) groups excluding carboxylic acids is 1. The number of H-pyrrole nitrogens is 1. The molecule has 0 aliphatic carbocycles. The molecule has 0 unspecified atom stereocenters. The Balaban J connectivity index is 1.60. The number of pyridine rings is 1. The average Bonchev–Trinajstić information content (AvgIpc) is 2.67. The number of fused-ring (bicyclic) bond motifs is 1. The highest BCUT2D eigenvalue weighted by Crippen LogP contribution is 2.25. The van der Waals surface area contributed by atoms with Crippen molar-refractivity contribution in [1.29, 1.82) is 0 Å². The van der Waals surface area contributed by atoms with Crippen LogP contribution in [0.25, 0.3) is 10.9 Å². The van der Waals surface area contributed by atoms with Crippen molar-refractivity contribution >= 4 is 16.8 Å². The van der Waals surface area contributed by atoms with Crippen molar-refractivity contribution in [2.24, 2.45) is 0 Å². The highest BCUT2D eigenvalue weighted by molar-refractivity contribution is 5.87. The number of aromatic amines is 1. The maximum absolute atomic E-state index is 13.2. The zero-order valence-corrected chi connectivity index (χ0v) is 16.0. The van der Waals surface area contributed by atoms with Gasteiger partial charge in [0.1, 0.15) is 11.6 Å². The molecule has 2 aromatic carbocycles. The van der Waals surface area contributed by atoms with E-state index in [4.69, 9.17) is 4.74 Å². The topological polar surface area (TPSA) is 71.2 Å². The fraction of sp³-hybridized carbons (Fsp3) is 0.273. The molecule has 3 aromatic rings. The van der Waals surface area contributed by atoms with Crippen molar-refractivity contribution in [3.05, 3.63) is 75.3 Å². The lowest BCUT2D eigenvalue weighted by molar-refractivity contribution is -0.121. The number of benzene rings is 2.